The van der Waals surface area contributed by atoms with Crippen molar-refractivity contribution >= 4 is 17.9 Å². The Morgan fingerprint density at radius 3 is 0.772 bits per heavy atom. The van der Waals surface area contributed by atoms with Crippen molar-refractivity contribution in [3.63, 3.8) is 0 Å². The highest BCUT2D eigenvalue weighted by molar-refractivity contribution is 5.71. The van der Waals surface area contributed by atoms with Gasteiger partial charge in [-0.1, -0.05) is 285 Å². The van der Waals surface area contributed by atoms with Crippen LogP contribution in [0.5, 0.6) is 0 Å². The Labute approximate surface area is 489 Å². The minimum Gasteiger partial charge on any atom is -0.462 e. The summed E-state index contributed by atoms with van der Waals surface area (Å²) in [6.07, 6.45) is 90.0. The van der Waals surface area contributed by atoms with Crippen LogP contribution in [0.2, 0.25) is 0 Å². The average molecular weight is 1100 g/mol. The molecule has 79 heavy (non-hydrogen) atoms. The summed E-state index contributed by atoms with van der Waals surface area (Å²) < 4.78 is 16.9. The van der Waals surface area contributed by atoms with Gasteiger partial charge in [-0.25, -0.2) is 0 Å². The molecular weight excluding hydrogens is 973 g/mol. The van der Waals surface area contributed by atoms with E-state index in [0.29, 0.717) is 19.3 Å². The van der Waals surface area contributed by atoms with Gasteiger partial charge in [0.1, 0.15) is 13.2 Å². The number of carbonyl (C=O) groups excluding carboxylic acids is 3. The van der Waals surface area contributed by atoms with Crippen molar-refractivity contribution in [1.82, 2.24) is 0 Å². The first-order chi connectivity index (χ1) is 39.0. The minimum atomic E-state index is -0.790. The van der Waals surface area contributed by atoms with Crippen LogP contribution in [0.1, 0.15) is 329 Å². The summed E-state index contributed by atoms with van der Waals surface area (Å²) in [6, 6.07) is 0. The molecule has 0 saturated heterocycles. The Bertz CT molecular complexity index is 1540. The van der Waals surface area contributed by atoms with Crippen LogP contribution in [0.15, 0.2) is 97.2 Å². The molecule has 1 unspecified atom stereocenters. The highest BCUT2D eigenvalue weighted by atomic mass is 16.6. The average Bonchev–Trinajstić information content (AvgIpc) is 3.45. The maximum atomic E-state index is 12.9. The normalized spacial score (nSPS) is 12.7. The SMILES string of the molecule is CC/C=C\C/C=C\C/C=C\C/C=C\CCCCCCCCCCCCCCCCCCCCC(=O)OCC(COC(=O)CCCCCCC/C=C\C/C=C\CCCCC)OC(=O)CCCCCCC/C=C\C/C=C\CCCCC. The molecule has 0 amide bonds. The third-order valence-corrected chi connectivity index (χ3v) is 14.5. The van der Waals surface area contributed by atoms with Gasteiger partial charge in [0.15, 0.2) is 6.10 Å². The van der Waals surface area contributed by atoms with Crippen LogP contribution >= 0.6 is 0 Å². The Morgan fingerprint density at radius 1 is 0.266 bits per heavy atom. The molecule has 6 nitrogen and oxygen atoms in total. The lowest BCUT2D eigenvalue weighted by Gasteiger charge is -2.18. The van der Waals surface area contributed by atoms with Crippen molar-refractivity contribution in [2.24, 2.45) is 0 Å². The fourth-order valence-corrected chi connectivity index (χ4v) is 9.50. The van der Waals surface area contributed by atoms with Gasteiger partial charge in [-0.05, 0) is 122 Å². The fraction of sp³-hybridized carbons (Fsp3) is 0.740. The Kier molecular flexibility index (Phi) is 63.7. The molecule has 0 heterocycles. The van der Waals surface area contributed by atoms with Crippen LogP contribution in [-0.2, 0) is 28.6 Å². The molecule has 0 rings (SSSR count). The van der Waals surface area contributed by atoms with E-state index in [-0.39, 0.29) is 31.1 Å². The van der Waals surface area contributed by atoms with Gasteiger partial charge in [0.05, 0.1) is 0 Å². The number of allylic oxidation sites excluding steroid dienone is 16. The van der Waals surface area contributed by atoms with Crippen molar-refractivity contribution in [3.8, 4) is 0 Å². The summed E-state index contributed by atoms with van der Waals surface area (Å²) >= 11 is 0. The molecule has 0 aliphatic heterocycles. The molecular formula is C73H126O6. The number of rotatable bonds is 61. The molecule has 0 aromatic heterocycles. The summed E-state index contributed by atoms with van der Waals surface area (Å²) in [5.74, 6) is -0.900. The van der Waals surface area contributed by atoms with Crippen LogP contribution in [0.4, 0.5) is 0 Å². The lowest BCUT2D eigenvalue weighted by molar-refractivity contribution is -0.167. The van der Waals surface area contributed by atoms with Crippen molar-refractivity contribution in [2.75, 3.05) is 13.2 Å². The van der Waals surface area contributed by atoms with Crippen molar-refractivity contribution in [3.05, 3.63) is 97.2 Å². The highest BCUT2D eigenvalue weighted by Crippen LogP contribution is 2.17. The molecule has 1 atom stereocenters. The van der Waals surface area contributed by atoms with Gasteiger partial charge < -0.3 is 14.2 Å². The largest absolute Gasteiger partial charge is 0.462 e. The van der Waals surface area contributed by atoms with Crippen LogP contribution in [-0.4, -0.2) is 37.2 Å². The van der Waals surface area contributed by atoms with Crippen molar-refractivity contribution < 1.29 is 28.6 Å². The summed E-state index contributed by atoms with van der Waals surface area (Å²) in [4.78, 5) is 38.3. The molecule has 0 aromatic rings. The number of hydrogen-bond donors (Lipinski definition) is 0. The van der Waals surface area contributed by atoms with E-state index >= 15 is 0 Å². The number of carbonyl (C=O) groups is 3. The molecule has 0 radical (unpaired) electrons. The number of esters is 3. The van der Waals surface area contributed by atoms with Crippen LogP contribution < -0.4 is 0 Å². The second-order valence-electron chi connectivity index (χ2n) is 22.3. The molecule has 0 aliphatic rings. The van der Waals surface area contributed by atoms with E-state index < -0.39 is 6.10 Å². The van der Waals surface area contributed by atoms with Gasteiger partial charge in [-0.15, -0.1) is 0 Å². The van der Waals surface area contributed by atoms with Crippen LogP contribution in [0.25, 0.3) is 0 Å². The zero-order valence-electron chi connectivity index (χ0n) is 52.1. The molecule has 0 fully saturated rings. The summed E-state index contributed by atoms with van der Waals surface area (Å²) in [7, 11) is 0. The number of ether oxygens (including phenoxy) is 3. The zero-order valence-corrected chi connectivity index (χ0v) is 52.1. The van der Waals surface area contributed by atoms with Gasteiger partial charge in [-0.2, -0.15) is 0 Å². The lowest BCUT2D eigenvalue weighted by atomic mass is 10.0. The Balaban J connectivity index is 4.21. The number of unbranched alkanes of at least 4 members (excludes halogenated alkanes) is 34. The van der Waals surface area contributed by atoms with Gasteiger partial charge in [-0.3, -0.25) is 14.4 Å². The molecule has 0 aliphatic carbocycles. The molecule has 6 heteroatoms. The minimum absolute atomic E-state index is 0.0850. The zero-order chi connectivity index (χ0) is 57.1. The molecule has 0 bridgehead atoms. The first-order valence-electron chi connectivity index (χ1n) is 33.7. The van der Waals surface area contributed by atoms with E-state index in [4.69, 9.17) is 14.2 Å². The quantitative estimate of drug-likeness (QED) is 0.0261. The summed E-state index contributed by atoms with van der Waals surface area (Å²) in [6.45, 7) is 6.48. The van der Waals surface area contributed by atoms with E-state index in [1.54, 1.807) is 0 Å². The topological polar surface area (TPSA) is 78.9 Å². The molecule has 0 saturated carbocycles. The monoisotopic (exact) mass is 1100 g/mol. The Hall–Kier alpha value is -3.67. The maximum absolute atomic E-state index is 12.9. The summed E-state index contributed by atoms with van der Waals surface area (Å²) in [5, 5.41) is 0. The predicted octanol–water partition coefficient (Wildman–Crippen LogP) is 23.2. The second kappa shape index (κ2) is 66.8. The van der Waals surface area contributed by atoms with Crippen molar-refractivity contribution in [1.29, 1.82) is 0 Å². The van der Waals surface area contributed by atoms with Gasteiger partial charge in [0, 0.05) is 19.3 Å². The molecule has 0 spiro atoms. The second-order valence-corrected chi connectivity index (χ2v) is 22.3. The molecule has 454 valence electrons. The van der Waals surface area contributed by atoms with Gasteiger partial charge in [0.2, 0.25) is 0 Å². The highest BCUT2D eigenvalue weighted by Gasteiger charge is 2.19. The van der Waals surface area contributed by atoms with E-state index in [1.165, 1.54) is 161 Å². The first kappa shape index (κ1) is 75.3. The number of hydrogen-bond acceptors (Lipinski definition) is 6. The van der Waals surface area contributed by atoms with Crippen LogP contribution in [0.3, 0.4) is 0 Å². The lowest BCUT2D eigenvalue weighted by Crippen LogP contribution is -2.30. The van der Waals surface area contributed by atoms with E-state index in [1.807, 2.05) is 0 Å². The van der Waals surface area contributed by atoms with Crippen molar-refractivity contribution in [2.45, 2.75) is 335 Å². The molecule has 0 aromatic carbocycles. The van der Waals surface area contributed by atoms with E-state index in [2.05, 4.69) is 118 Å². The fourth-order valence-electron chi connectivity index (χ4n) is 9.50. The van der Waals surface area contributed by atoms with E-state index in [9.17, 15) is 14.4 Å². The standard InChI is InChI=1S/C73H126O6/c1-4-7-10-13-16-19-22-25-28-29-30-31-32-33-34-35-36-37-38-39-40-41-42-43-46-48-51-54-57-60-63-66-72(75)78-69-70(79-73(76)67-64-61-58-55-52-49-45-27-24-21-18-15-12-9-6-3)68-77-71(74)65-62-59-56-53-50-47-44-26-23-20-17-14-11-8-5-2/h7,10,16-21,25-28,30-31,44-45,70H,4-6,8-9,11-15,22-24,29,32-43,46-69H2,1-3H3/b10-7-,19-16-,20-17-,21-18-,28-25-,31-30-,44-26-,45-27-. The van der Waals surface area contributed by atoms with Gasteiger partial charge in [0.25, 0.3) is 0 Å². The van der Waals surface area contributed by atoms with E-state index in [0.717, 1.165) is 128 Å². The Morgan fingerprint density at radius 2 is 0.494 bits per heavy atom. The first-order valence-corrected chi connectivity index (χ1v) is 33.7. The van der Waals surface area contributed by atoms with Crippen LogP contribution in [0, 0.1) is 0 Å². The van der Waals surface area contributed by atoms with Gasteiger partial charge >= 0.3 is 17.9 Å². The third kappa shape index (κ3) is 65.0. The smallest absolute Gasteiger partial charge is 0.306 e. The maximum Gasteiger partial charge on any atom is 0.306 e. The third-order valence-electron chi connectivity index (χ3n) is 14.5. The molecule has 0 N–H and O–H groups in total. The summed E-state index contributed by atoms with van der Waals surface area (Å²) in [5.41, 5.74) is 0. The predicted molar refractivity (Wildman–Crippen MR) is 344 cm³/mol.